The summed E-state index contributed by atoms with van der Waals surface area (Å²) in [4.78, 5) is 8.01. The van der Waals surface area contributed by atoms with E-state index >= 15 is 0 Å². The summed E-state index contributed by atoms with van der Waals surface area (Å²) < 4.78 is 124. The standard InChI is InChI=1S/C37H15F9N4/c38-35(39,40)20-9-5-18(6-10-20)27-29-23-3-1-2-4-25(23)33(49-16-47)31(29)28(19-7-11-21(12-8-19)36(41,42)43)30-24-14-13-22(37(44,45)46)15-26(24)34(32(27)30)50-17-48/h1-15H/b49-33+,50-34+. The van der Waals surface area contributed by atoms with Gasteiger partial charge in [-0.2, -0.15) is 60.0 Å². The second-order valence-electron chi connectivity index (χ2n) is 11.3. The zero-order valence-electron chi connectivity index (χ0n) is 24.9. The van der Waals surface area contributed by atoms with Crippen molar-refractivity contribution in [2.24, 2.45) is 9.98 Å². The third-order valence-corrected chi connectivity index (χ3v) is 8.62. The predicted molar refractivity (Wildman–Crippen MR) is 167 cm³/mol. The molecule has 50 heavy (non-hydrogen) atoms. The first-order valence-corrected chi connectivity index (χ1v) is 14.5. The van der Waals surface area contributed by atoms with Crippen LogP contribution in [0.2, 0.25) is 0 Å². The first kappa shape index (κ1) is 32.3. The highest BCUT2D eigenvalue weighted by molar-refractivity contribution is 6.34. The number of nitrogens with zero attached hydrogens (tertiary/aromatic N) is 4. The topological polar surface area (TPSA) is 72.3 Å². The van der Waals surface area contributed by atoms with E-state index in [0.29, 0.717) is 10.8 Å². The molecule has 0 aliphatic carbocycles. The number of nitriles is 2. The molecule has 0 aromatic heterocycles. The molecule has 4 nitrogen and oxygen atoms in total. The van der Waals surface area contributed by atoms with Crippen LogP contribution in [0.5, 0.6) is 0 Å². The van der Waals surface area contributed by atoms with Gasteiger partial charge in [0, 0.05) is 43.4 Å². The fraction of sp³-hybridized carbons (Fsp3) is 0.0811. The average Bonchev–Trinajstić information content (AvgIpc) is 3.56. The fourth-order valence-corrected chi connectivity index (χ4v) is 6.64. The number of benzene rings is 5. The van der Waals surface area contributed by atoms with Crippen molar-refractivity contribution >= 4 is 43.1 Å². The van der Waals surface area contributed by atoms with Crippen molar-refractivity contribution in [3.8, 4) is 34.6 Å². The van der Waals surface area contributed by atoms with Gasteiger partial charge in [0.15, 0.2) is 0 Å². The highest BCUT2D eigenvalue weighted by Gasteiger charge is 2.34. The third kappa shape index (κ3) is 5.01. The molecule has 0 spiro atoms. The maximum atomic E-state index is 14.0. The minimum Gasteiger partial charge on any atom is -0.172 e. The molecule has 0 aliphatic heterocycles. The zero-order chi connectivity index (χ0) is 35.7. The van der Waals surface area contributed by atoms with Crippen LogP contribution in [0.1, 0.15) is 16.7 Å². The lowest BCUT2D eigenvalue weighted by Crippen LogP contribution is -2.07. The number of rotatable bonds is 2. The molecule has 246 valence electrons. The number of fused-ring (bicyclic) bond motifs is 6. The van der Waals surface area contributed by atoms with Crippen LogP contribution in [0.25, 0.3) is 65.3 Å². The summed E-state index contributed by atoms with van der Waals surface area (Å²) in [6.07, 6.45) is -10.9. The molecule has 0 fully saturated rings. The van der Waals surface area contributed by atoms with Crippen LogP contribution in [-0.2, 0) is 18.5 Å². The minimum absolute atomic E-state index is 0.0716. The molecule has 13 heteroatoms. The maximum Gasteiger partial charge on any atom is 0.416 e. The van der Waals surface area contributed by atoms with Gasteiger partial charge in [-0.15, -0.1) is 0 Å². The van der Waals surface area contributed by atoms with Crippen molar-refractivity contribution in [1.29, 1.82) is 10.5 Å². The Morgan fingerprint density at radius 1 is 0.420 bits per heavy atom. The van der Waals surface area contributed by atoms with E-state index in [0.717, 1.165) is 42.5 Å². The molecular weight excluding hydrogens is 671 g/mol. The summed E-state index contributed by atoms with van der Waals surface area (Å²) in [6.45, 7) is 0. The minimum atomic E-state index is -4.82. The van der Waals surface area contributed by atoms with Gasteiger partial charge in [-0.3, -0.25) is 0 Å². The molecule has 7 aromatic carbocycles. The van der Waals surface area contributed by atoms with Crippen molar-refractivity contribution < 1.29 is 39.5 Å². The van der Waals surface area contributed by atoms with Gasteiger partial charge in [-0.1, -0.05) is 54.6 Å². The molecule has 0 heterocycles. The molecule has 0 saturated heterocycles. The summed E-state index contributed by atoms with van der Waals surface area (Å²) in [5, 5.41) is 21.0. The largest absolute Gasteiger partial charge is 0.416 e. The van der Waals surface area contributed by atoms with E-state index in [1.54, 1.807) is 36.7 Å². The Bertz CT molecular complexity index is 2660. The molecular formula is C37H15F9N4. The van der Waals surface area contributed by atoms with Gasteiger partial charge >= 0.3 is 18.5 Å². The molecule has 0 radical (unpaired) electrons. The van der Waals surface area contributed by atoms with E-state index < -0.39 is 35.2 Å². The molecule has 0 bridgehead atoms. The Morgan fingerprint density at radius 2 is 0.800 bits per heavy atom. The van der Waals surface area contributed by atoms with Crippen molar-refractivity contribution in [1.82, 2.24) is 0 Å². The van der Waals surface area contributed by atoms with E-state index in [-0.39, 0.29) is 65.3 Å². The van der Waals surface area contributed by atoms with Crippen LogP contribution in [0.15, 0.2) is 101 Å². The first-order chi connectivity index (χ1) is 23.6. The van der Waals surface area contributed by atoms with E-state index in [9.17, 15) is 50.0 Å². The lowest BCUT2D eigenvalue weighted by molar-refractivity contribution is -0.138. The summed E-state index contributed by atoms with van der Waals surface area (Å²) >= 11 is 0. The monoisotopic (exact) mass is 686 g/mol. The smallest absolute Gasteiger partial charge is 0.172 e. The number of hydrogen-bond donors (Lipinski definition) is 0. The van der Waals surface area contributed by atoms with Gasteiger partial charge in [0.2, 0.25) is 12.4 Å². The summed E-state index contributed by atoms with van der Waals surface area (Å²) in [6, 6.07) is 17.3. The van der Waals surface area contributed by atoms with Crippen LogP contribution >= 0.6 is 0 Å². The second kappa shape index (κ2) is 11.2. The van der Waals surface area contributed by atoms with E-state index in [2.05, 4.69) is 9.98 Å². The Labute approximate surface area is 274 Å². The average molecular weight is 687 g/mol. The maximum absolute atomic E-state index is 14.0. The van der Waals surface area contributed by atoms with Gasteiger partial charge in [-0.05, 0) is 58.3 Å². The second-order valence-corrected chi connectivity index (χ2v) is 11.3. The van der Waals surface area contributed by atoms with Gasteiger partial charge in [0.25, 0.3) is 0 Å². The predicted octanol–water partition coefficient (Wildman–Crippen LogP) is 10.3. The van der Waals surface area contributed by atoms with E-state index in [1.807, 2.05) is 0 Å². The van der Waals surface area contributed by atoms with Crippen LogP contribution in [0, 0.1) is 22.9 Å². The van der Waals surface area contributed by atoms with E-state index in [4.69, 9.17) is 0 Å². The Hall–Kier alpha value is -6.21. The highest BCUT2D eigenvalue weighted by Crippen LogP contribution is 2.48. The summed E-state index contributed by atoms with van der Waals surface area (Å²) in [7, 11) is 0. The summed E-state index contributed by atoms with van der Waals surface area (Å²) in [5.41, 5.74) is -2.37. The van der Waals surface area contributed by atoms with Crippen molar-refractivity contribution in [2.75, 3.05) is 0 Å². The van der Waals surface area contributed by atoms with Crippen molar-refractivity contribution in [2.45, 2.75) is 18.5 Å². The molecule has 0 amide bonds. The van der Waals surface area contributed by atoms with E-state index in [1.165, 1.54) is 24.3 Å². The number of hydrogen-bond acceptors (Lipinski definition) is 4. The first-order valence-electron chi connectivity index (χ1n) is 14.5. The molecule has 0 atom stereocenters. The van der Waals surface area contributed by atoms with Gasteiger partial charge in [0.1, 0.15) is 0 Å². The van der Waals surface area contributed by atoms with Crippen LogP contribution in [0.3, 0.4) is 0 Å². The normalized spacial score (nSPS) is 13.5. The van der Waals surface area contributed by atoms with Crippen LogP contribution in [-0.4, -0.2) is 0 Å². The van der Waals surface area contributed by atoms with Gasteiger partial charge < -0.3 is 0 Å². The molecule has 7 aromatic rings. The number of alkyl halides is 9. The van der Waals surface area contributed by atoms with Crippen molar-refractivity contribution in [3.63, 3.8) is 0 Å². The third-order valence-electron chi connectivity index (χ3n) is 8.62. The Balaban J connectivity index is 1.83. The molecule has 0 saturated carbocycles. The number of halogens is 9. The SMILES string of the molecule is N#C/N=c1\c2ccccc2c2c(-c3ccc(C(F)(F)F)cc3)c3/c(=N/C#N)c4cc(C(F)(F)F)ccc4c3c(-c3ccc(C(F)(F)F)cc3)c12. The van der Waals surface area contributed by atoms with Gasteiger partial charge in [0.05, 0.1) is 27.4 Å². The molecule has 7 rings (SSSR count). The summed E-state index contributed by atoms with van der Waals surface area (Å²) in [5.74, 6) is 0. The van der Waals surface area contributed by atoms with Crippen molar-refractivity contribution in [3.05, 3.63) is 118 Å². The van der Waals surface area contributed by atoms with Crippen LogP contribution < -0.4 is 10.7 Å². The zero-order valence-corrected chi connectivity index (χ0v) is 24.9. The van der Waals surface area contributed by atoms with Gasteiger partial charge in [-0.25, -0.2) is 0 Å². The lowest BCUT2D eigenvalue weighted by atomic mass is 9.87. The Morgan fingerprint density at radius 3 is 1.22 bits per heavy atom. The highest BCUT2D eigenvalue weighted by atomic mass is 19.4. The van der Waals surface area contributed by atoms with Crippen LogP contribution in [0.4, 0.5) is 39.5 Å². The fourth-order valence-electron chi connectivity index (χ4n) is 6.64. The lowest BCUT2D eigenvalue weighted by Gasteiger charge is -2.16. The Kier molecular flexibility index (Phi) is 7.23. The molecule has 0 unspecified atom stereocenters. The molecule has 0 aliphatic rings. The molecule has 0 N–H and O–H groups in total. The quantitative estimate of drug-likeness (QED) is 0.134.